The van der Waals surface area contributed by atoms with Crippen molar-refractivity contribution in [2.45, 2.75) is 66.7 Å². The van der Waals surface area contributed by atoms with Gasteiger partial charge in [-0.3, -0.25) is 0 Å². The van der Waals surface area contributed by atoms with Crippen molar-refractivity contribution in [3.63, 3.8) is 0 Å². The van der Waals surface area contributed by atoms with Gasteiger partial charge in [0.05, 0.1) is 0 Å². The van der Waals surface area contributed by atoms with Crippen LogP contribution in [0.4, 0.5) is 5.69 Å². The molecule has 0 aliphatic rings. The molecule has 0 spiro atoms. The summed E-state index contributed by atoms with van der Waals surface area (Å²) < 4.78 is 0. The van der Waals surface area contributed by atoms with E-state index in [4.69, 9.17) is 0 Å². The molecule has 0 radical (unpaired) electrons. The Morgan fingerprint density at radius 2 is 1.59 bits per heavy atom. The highest BCUT2D eigenvalue weighted by Crippen LogP contribution is 2.24. The van der Waals surface area contributed by atoms with Crippen LogP contribution in [0.2, 0.25) is 0 Å². The van der Waals surface area contributed by atoms with Crippen molar-refractivity contribution < 1.29 is 0 Å². The van der Waals surface area contributed by atoms with Crippen LogP contribution in [0.1, 0.15) is 66.9 Å². The Morgan fingerprint density at radius 1 is 1.00 bits per heavy atom. The summed E-state index contributed by atoms with van der Waals surface area (Å²) in [5.74, 6) is 0. The fraction of sp³-hybridized carbons (Fsp3) is 0.524. The number of hydrogen-bond donors (Lipinski definition) is 1. The van der Waals surface area contributed by atoms with Crippen LogP contribution in [0.25, 0.3) is 0 Å². The second-order valence-electron chi connectivity index (χ2n) is 8.19. The Kier molecular flexibility index (Phi) is 6.47. The van der Waals surface area contributed by atoms with Gasteiger partial charge >= 0.3 is 0 Å². The van der Waals surface area contributed by atoms with Crippen molar-refractivity contribution in [1.29, 1.82) is 0 Å². The molecule has 1 aromatic carbocycles. The van der Waals surface area contributed by atoms with Crippen LogP contribution in [0.5, 0.6) is 0 Å². The molecule has 0 unspecified atom stereocenters. The van der Waals surface area contributed by atoms with Crippen LogP contribution in [0.3, 0.4) is 0 Å². The van der Waals surface area contributed by atoms with Gasteiger partial charge in [-0.15, -0.1) is 0 Å². The van der Waals surface area contributed by atoms with Gasteiger partial charge in [-0.05, 0) is 47.4 Å². The molecule has 0 atom stereocenters. The summed E-state index contributed by atoms with van der Waals surface area (Å²) >= 11 is 0. The van der Waals surface area contributed by atoms with E-state index in [1.165, 1.54) is 11.3 Å². The summed E-state index contributed by atoms with van der Waals surface area (Å²) in [6.07, 6.45) is 8.81. The standard InChI is InChI=1S/C21H33N/c1-8-10-18(11-9-16-20(2,3)4)22-19-14-12-17(13-15-19)21(5,6)7/h9-15,22H,8,16H2,1-7H3/b11-9-,18-10+. The first-order valence-electron chi connectivity index (χ1n) is 8.36. The van der Waals surface area contributed by atoms with Gasteiger partial charge in [-0.1, -0.05) is 72.8 Å². The molecular weight excluding hydrogens is 266 g/mol. The van der Waals surface area contributed by atoms with Gasteiger partial charge in [0.2, 0.25) is 0 Å². The molecule has 0 fully saturated rings. The first kappa shape index (κ1) is 18.5. The maximum Gasteiger partial charge on any atom is 0.0384 e. The van der Waals surface area contributed by atoms with Crippen molar-refractivity contribution in [2.24, 2.45) is 5.41 Å². The largest absolute Gasteiger partial charge is 0.356 e. The first-order valence-corrected chi connectivity index (χ1v) is 8.36. The van der Waals surface area contributed by atoms with E-state index in [2.05, 4.69) is 96.3 Å². The molecule has 1 N–H and O–H groups in total. The average molecular weight is 300 g/mol. The lowest BCUT2D eigenvalue weighted by atomic mass is 9.87. The highest BCUT2D eigenvalue weighted by atomic mass is 14.9. The SMILES string of the molecule is CC/C=C(\C=C/CC(C)(C)C)Nc1ccc(C(C)(C)C)cc1. The van der Waals surface area contributed by atoms with Crippen LogP contribution < -0.4 is 5.32 Å². The smallest absolute Gasteiger partial charge is 0.0384 e. The number of allylic oxidation sites excluding steroid dienone is 3. The number of hydrogen-bond acceptors (Lipinski definition) is 1. The minimum Gasteiger partial charge on any atom is -0.356 e. The van der Waals surface area contributed by atoms with E-state index in [-0.39, 0.29) is 5.41 Å². The lowest BCUT2D eigenvalue weighted by molar-refractivity contribution is 0.420. The fourth-order valence-electron chi connectivity index (χ4n) is 2.14. The summed E-state index contributed by atoms with van der Waals surface area (Å²) in [6.45, 7) is 15.7. The molecule has 0 aromatic heterocycles. The summed E-state index contributed by atoms with van der Waals surface area (Å²) in [6, 6.07) is 8.76. The zero-order valence-electron chi connectivity index (χ0n) is 15.5. The Bertz CT molecular complexity index is 504. The van der Waals surface area contributed by atoms with E-state index in [9.17, 15) is 0 Å². The summed E-state index contributed by atoms with van der Waals surface area (Å²) in [5.41, 5.74) is 4.22. The summed E-state index contributed by atoms with van der Waals surface area (Å²) in [4.78, 5) is 0. The van der Waals surface area contributed by atoms with Crippen LogP contribution >= 0.6 is 0 Å². The maximum absolute atomic E-state index is 3.52. The molecule has 0 aliphatic heterocycles. The lowest BCUT2D eigenvalue weighted by Crippen LogP contribution is -2.10. The Balaban J connectivity index is 2.78. The van der Waals surface area contributed by atoms with E-state index in [0.717, 1.165) is 18.5 Å². The summed E-state index contributed by atoms with van der Waals surface area (Å²) in [5, 5.41) is 3.52. The zero-order valence-corrected chi connectivity index (χ0v) is 15.5. The van der Waals surface area contributed by atoms with Crippen LogP contribution in [0, 0.1) is 5.41 Å². The minimum atomic E-state index is 0.202. The van der Waals surface area contributed by atoms with Gasteiger partial charge in [0.1, 0.15) is 0 Å². The molecule has 0 amide bonds. The Labute approximate surface area is 137 Å². The number of anilines is 1. The molecule has 1 nitrogen and oxygen atoms in total. The van der Waals surface area contributed by atoms with Gasteiger partial charge in [0, 0.05) is 11.4 Å². The van der Waals surface area contributed by atoms with Gasteiger partial charge in [-0.25, -0.2) is 0 Å². The van der Waals surface area contributed by atoms with Crippen molar-refractivity contribution in [3.8, 4) is 0 Å². The van der Waals surface area contributed by atoms with Gasteiger partial charge in [0.25, 0.3) is 0 Å². The van der Waals surface area contributed by atoms with Crippen molar-refractivity contribution in [2.75, 3.05) is 5.32 Å². The number of nitrogens with one attached hydrogen (secondary N) is 1. The van der Waals surface area contributed by atoms with Crippen LogP contribution in [0.15, 0.2) is 48.2 Å². The molecule has 0 aliphatic carbocycles. The Hall–Kier alpha value is -1.50. The van der Waals surface area contributed by atoms with Crippen molar-refractivity contribution in [3.05, 3.63) is 53.8 Å². The molecule has 1 aromatic rings. The third-order valence-corrected chi connectivity index (χ3v) is 3.49. The lowest BCUT2D eigenvalue weighted by Gasteiger charge is -2.19. The molecule has 22 heavy (non-hydrogen) atoms. The normalized spacial score (nSPS) is 13.7. The van der Waals surface area contributed by atoms with Gasteiger partial charge < -0.3 is 5.32 Å². The number of benzene rings is 1. The van der Waals surface area contributed by atoms with Crippen LogP contribution in [-0.4, -0.2) is 0 Å². The van der Waals surface area contributed by atoms with E-state index in [1.54, 1.807) is 0 Å². The first-order chi connectivity index (χ1) is 10.1. The van der Waals surface area contributed by atoms with Crippen molar-refractivity contribution >= 4 is 5.69 Å². The highest BCUT2D eigenvalue weighted by molar-refractivity contribution is 5.52. The second kappa shape index (κ2) is 7.67. The predicted octanol–water partition coefficient (Wildman–Crippen LogP) is 6.68. The molecular formula is C21H33N. The molecule has 0 heterocycles. The van der Waals surface area contributed by atoms with Gasteiger partial charge in [-0.2, -0.15) is 0 Å². The molecule has 1 heteroatoms. The van der Waals surface area contributed by atoms with E-state index < -0.39 is 0 Å². The highest BCUT2D eigenvalue weighted by Gasteiger charge is 2.12. The average Bonchev–Trinajstić information content (AvgIpc) is 2.37. The van der Waals surface area contributed by atoms with Crippen LogP contribution in [-0.2, 0) is 5.41 Å². The minimum absolute atomic E-state index is 0.202. The van der Waals surface area contributed by atoms with Gasteiger partial charge in [0.15, 0.2) is 0 Å². The third-order valence-electron chi connectivity index (χ3n) is 3.49. The van der Waals surface area contributed by atoms with E-state index in [1.807, 2.05) is 0 Å². The molecule has 0 saturated carbocycles. The zero-order chi connectivity index (χ0) is 16.8. The maximum atomic E-state index is 3.52. The molecule has 0 saturated heterocycles. The quantitative estimate of drug-likeness (QED) is 0.598. The van der Waals surface area contributed by atoms with E-state index in [0.29, 0.717) is 5.41 Å². The predicted molar refractivity (Wildman–Crippen MR) is 100 cm³/mol. The molecule has 122 valence electrons. The third kappa shape index (κ3) is 6.98. The second-order valence-corrected chi connectivity index (χ2v) is 8.19. The van der Waals surface area contributed by atoms with E-state index >= 15 is 0 Å². The number of rotatable bonds is 5. The monoisotopic (exact) mass is 299 g/mol. The fourth-order valence-corrected chi connectivity index (χ4v) is 2.14. The summed E-state index contributed by atoms with van der Waals surface area (Å²) in [7, 11) is 0. The molecule has 1 rings (SSSR count). The molecule has 0 bridgehead atoms. The van der Waals surface area contributed by atoms with Crippen molar-refractivity contribution in [1.82, 2.24) is 0 Å². The topological polar surface area (TPSA) is 12.0 Å². The Morgan fingerprint density at radius 3 is 2.05 bits per heavy atom.